The molecule has 4 atom stereocenters. The second-order valence-electron chi connectivity index (χ2n) is 9.55. The Bertz CT molecular complexity index is 1200. The van der Waals surface area contributed by atoms with Gasteiger partial charge in [-0.15, -0.1) is 0 Å². The largest absolute Gasteiger partial charge is 0.359 e. The van der Waals surface area contributed by atoms with Gasteiger partial charge in [0.2, 0.25) is 11.8 Å². The molecule has 5 nitrogen and oxygen atoms in total. The normalized spacial score (nSPS) is 26.3. The van der Waals surface area contributed by atoms with E-state index < -0.39 is 35.2 Å². The molecule has 0 unspecified atom stereocenters. The third-order valence-electron chi connectivity index (χ3n) is 6.62. The molecule has 0 spiro atoms. The Kier molecular flexibility index (Phi) is 4.77. The van der Waals surface area contributed by atoms with E-state index in [1.807, 2.05) is 62.2 Å². The van der Waals surface area contributed by atoms with Crippen LogP contribution < -0.4 is 4.90 Å². The summed E-state index contributed by atoms with van der Waals surface area (Å²) in [5.74, 6) is -2.33. The average Bonchev–Trinajstić information content (AvgIpc) is 3.21. The first-order valence-electron chi connectivity index (χ1n) is 10.5. The standard InChI is InChI=1S/C25H22Cl2N2O3/c1-25(2,3)22(30)21-19-18(20-15-7-5-4-6-13(15)10-11-28(20)21)23(31)29(24(19)32)17-12-14(26)8-9-16(17)27/h4-12,18-21H,1-3H3/t18-,19+,20-,21-/m0/s1. The molecular weight excluding hydrogens is 447 g/mol. The number of rotatable bonds is 2. The van der Waals surface area contributed by atoms with Gasteiger partial charge in [-0.2, -0.15) is 0 Å². The summed E-state index contributed by atoms with van der Waals surface area (Å²) in [4.78, 5) is 44.2. The summed E-state index contributed by atoms with van der Waals surface area (Å²) in [6, 6.07) is 11.3. The van der Waals surface area contributed by atoms with E-state index in [9.17, 15) is 14.4 Å². The lowest BCUT2D eigenvalue weighted by atomic mass is 9.79. The molecule has 3 aliphatic rings. The van der Waals surface area contributed by atoms with E-state index in [1.54, 1.807) is 12.1 Å². The molecule has 0 aliphatic carbocycles. The molecule has 0 saturated carbocycles. The van der Waals surface area contributed by atoms with Gasteiger partial charge in [0.15, 0.2) is 5.78 Å². The second kappa shape index (κ2) is 7.19. The molecule has 2 aromatic carbocycles. The zero-order valence-electron chi connectivity index (χ0n) is 17.9. The first-order chi connectivity index (χ1) is 15.1. The average molecular weight is 469 g/mol. The molecule has 0 N–H and O–H groups in total. The van der Waals surface area contributed by atoms with Crippen LogP contribution in [0.25, 0.3) is 6.08 Å². The first-order valence-corrected chi connectivity index (χ1v) is 11.3. The predicted molar refractivity (Wildman–Crippen MR) is 124 cm³/mol. The lowest BCUT2D eigenvalue weighted by Gasteiger charge is -2.37. The van der Waals surface area contributed by atoms with E-state index in [0.29, 0.717) is 5.02 Å². The van der Waals surface area contributed by atoms with Crippen molar-refractivity contribution in [3.8, 4) is 0 Å². The highest BCUT2D eigenvalue weighted by atomic mass is 35.5. The van der Waals surface area contributed by atoms with Crippen molar-refractivity contribution in [1.82, 2.24) is 4.90 Å². The van der Waals surface area contributed by atoms with Gasteiger partial charge in [-0.05, 0) is 35.4 Å². The van der Waals surface area contributed by atoms with Crippen molar-refractivity contribution in [3.05, 3.63) is 69.8 Å². The highest BCUT2D eigenvalue weighted by Crippen LogP contribution is 2.54. The van der Waals surface area contributed by atoms with Crippen molar-refractivity contribution in [3.63, 3.8) is 0 Å². The Labute approximate surface area is 196 Å². The molecule has 2 aromatic rings. The number of imide groups is 1. The first kappa shape index (κ1) is 21.2. The SMILES string of the molecule is CC(C)(C)C(=O)[C@@H]1[C@@H]2C(=O)N(c3cc(Cl)ccc3Cl)C(=O)[C@@H]2[C@@H]2c3ccccc3C=CN12. The number of hydrogen-bond acceptors (Lipinski definition) is 4. The molecule has 2 amide bonds. The summed E-state index contributed by atoms with van der Waals surface area (Å²) in [6.45, 7) is 5.52. The van der Waals surface area contributed by atoms with Crippen molar-refractivity contribution >= 4 is 52.6 Å². The van der Waals surface area contributed by atoms with Crippen LogP contribution in [0.3, 0.4) is 0 Å². The Balaban J connectivity index is 1.69. The van der Waals surface area contributed by atoms with Gasteiger partial charge in [-0.1, -0.05) is 68.2 Å². The highest BCUT2D eigenvalue weighted by molar-refractivity contribution is 6.38. The number of amides is 2. The van der Waals surface area contributed by atoms with Crippen LogP contribution in [0, 0.1) is 17.3 Å². The van der Waals surface area contributed by atoms with Gasteiger partial charge in [0.1, 0.15) is 6.04 Å². The van der Waals surface area contributed by atoms with Gasteiger partial charge in [-0.3, -0.25) is 14.4 Å². The molecule has 32 heavy (non-hydrogen) atoms. The number of nitrogens with zero attached hydrogens (tertiary/aromatic N) is 2. The maximum absolute atomic E-state index is 13.8. The van der Waals surface area contributed by atoms with Crippen molar-refractivity contribution in [2.24, 2.45) is 17.3 Å². The maximum Gasteiger partial charge on any atom is 0.240 e. The topological polar surface area (TPSA) is 57.7 Å². The Hall–Kier alpha value is -2.63. The van der Waals surface area contributed by atoms with E-state index in [2.05, 4.69) is 0 Å². The molecule has 2 saturated heterocycles. The summed E-state index contributed by atoms with van der Waals surface area (Å²) in [7, 11) is 0. The zero-order valence-corrected chi connectivity index (χ0v) is 19.4. The fourth-order valence-corrected chi connectivity index (χ4v) is 5.56. The number of halogens is 2. The van der Waals surface area contributed by atoms with Gasteiger partial charge in [0.25, 0.3) is 0 Å². The number of Topliss-reactive ketones (excluding diaryl/α,β-unsaturated/α-hetero) is 1. The zero-order chi connectivity index (χ0) is 22.9. The molecule has 5 rings (SSSR count). The minimum atomic E-state index is -0.801. The summed E-state index contributed by atoms with van der Waals surface area (Å²) >= 11 is 12.5. The van der Waals surface area contributed by atoms with Crippen molar-refractivity contribution in [2.45, 2.75) is 32.9 Å². The van der Waals surface area contributed by atoms with Crippen LogP contribution in [0.4, 0.5) is 5.69 Å². The molecular formula is C25H22Cl2N2O3. The van der Waals surface area contributed by atoms with Crippen LogP contribution in [0.2, 0.25) is 10.0 Å². The molecule has 0 aromatic heterocycles. The van der Waals surface area contributed by atoms with Crippen LogP contribution in [-0.2, 0) is 14.4 Å². The molecule has 2 fully saturated rings. The van der Waals surface area contributed by atoms with Crippen molar-refractivity contribution in [1.29, 1.82) is 0 Å². The smallest absolute Gasteiger partial charge is 0.240 e. The van der Waals surface area contributed by atoms with E-state index >= 15 is 0 Å². The fourth-order valence-electron chi connectivity index (χ4n) is 5.20. The predicted octanol–water partition coefficient (Wildman–Crippen LogP) is 5.12. The molecule has 7 heteroatoms. The Morgan fingerprint density at radius 3 is 2.38 bits per heavy atom. The van der Waals surface area contributed by atoms with Gasteiger partial charge in [0, 0.05) is 16.6 Å². The number of carbonyl (C=O) groups is 3. The molecule has 3 heterocycles. The van der Waals surface area contributed by atoms with Gasteiger partial charge >= 0.3 is 0 Å². The van der Waals surface area contributed by atoms with Crippen molar-refractivity contribution < 1.29 is 14.4 Å². The van der Waals surface area contributed by atoms with Crippen LogP contribution in [0.15, 0.2) is 48.7 Å². The third kappa shape index (κ3) is 2.95. The second-order valence-corrected chi connectivity index (χ2v) is 10.4. The molecule has 3 aliphatic heterocycles. The summed E-state index contributed by atoms with van der Waals surface area (Å²) in [5.41, 5.74) is 1.50. The van der Waals surface area contributed by atoms with Gasteiger partial charge in [0.05, 0.1) is 28.6 Å². The van der Waals surface area contributed by atoms with Crippen LogP contribution in [-0.4, -0.2) is 28.5 Å². The fraction of sp³-hybridized carbons (Fsp3) is 0.320. The highest BCUT2D eigenvalue weighted by Gasteiger charge is 2.65. The van der Waals surface area contributed by atoms with Crippen molar-refractivity contribution in [2.75, 3.05) is 4.90 Å². The van der Waals surface area contributed by atoms with Gasteiger partial charge < -0.3 is 4.90 Å². The third-order valence-corrected chi connectivity index (χ3v) is 7.17. The van der Waals surface area contributed by atoms with Crippen LogP contribution in [0.1, 0.15) is 37.9 Å². The van der Waals surface area contributed by atoms with E-state index in [4.69, 9.17) is 23.2 Å². The summed E-state index contributed by atoms with van der Waals surface area (Å²) in [6.07, 6.45) is 3.80. The Morgan fingerprint density at radius 1 is 0.969 bits per heavy atom. The monoisotopic (exact) mass is 468 g/mol. The summed E-state index contributed by atoms with van der Waals surface area (Å²) in [5, 5.41) is 0.632. The lowest BCUT2D eigenvalue weighted by molar-refractivity contribution is -0.135. The number of hydrogen-bond donors (Lipinski definition) is 0. The van der Waals surface area contributed by atoms with E-state index in [0.717, 1.165) is 16.0 Å². The number of fused-ring (bicyclic) bond motifs is 5. The number of anilines is 1. The number of benzene rings is 2. The summed E-state index contributed by atoms with van der Waals surface area (Å²) < 4.78 is 0. The minimum Gasteiger partial charge on any atom is -0.359 e. The minimum absolute atomic E-state index is 0.0702. The van der Waals surface area contributed by atoms with Crippen LogP contribution >= 0.6 is 23.2 Å². The number of carbonyl (C=O) groups excluding carboxylic acids is 3. The molecule has 0 bridgehead atoms. The maximum atomic E-state index is 13.8. The molecule has 0 radical (unpaired) electrons. The number of ketones is 1. The lowest BCUT2D eigenvalue weighted by Crippen LogP contribution is -2.47. The Morgan fingerprint density at radius 2 is 1.66 bits per heavy atom. The van der Waals surface area contributed by atoms with E-state index in [-0.39, 0.29) is 22.4 Å². The molecule has 164 valence electrons. The quantitative estimate of drug-likeness (QED) is 0.573. The van der Waals surface area contributed by atoms with Crippen LogP contribution in [0.5, 0.6) is 0 Å². The van der Waals surface area contributed by atoms with Gasteiger partial charge in [-0.25, -0.2) is 4.90 Å². The van der Waals surface area contributed by atoms with E-state index in [1.165, 1.54) is 6.07 Å².